The van der Waals surface area contributed by atoms with Gasteiger partial charge in [-0.05, 0) is 136 Å². The third kappa shape index (κ3) is 10.9. The molecule has 0 aliphatic carbocycles. The molecule has 6 aromatic carbocycles. The number of benzene rings is 6. The standard InChI is InChI=1S/2C30H38N.Cr/c2*1-18(2)22-12-9-13-23(19(3)4)28(22)26-16-11-17-27(30(26)31)29-24(20(5)6)14-10-15-25(29)21(7)8;/h2*9-21,31H,1-8H3;/q2*-1;+2. The summed E-state index contributed by atoms with van der Waals surface area (Å²) < 4.78 is 0. The van der Waals surface area contributed by atoms with Crippen LogP contribution in [0.3, 0.4) is 0 Å². The summed E-state index contributed by atoms with van der Waals surface area (Å²) in [6.45, 7) is 36.0. The first-order chi connectivity index (χ1) is 29.3. The van der Waals surface area contributed by atoms with Crippen molar-refractivity contribution >= 4 is 11.4 Å². The minimum atomic E-state index is 0. The van der Waals surface area contributed by atoms with Crippen LogP contribution >= 0.6 is 0 Å². The molecule has 0 radical (unpaired) electrons. The summed E-state index contributed by atoms with van der Waals surface area (Å²) in [7, 11) is 0. The third-order valence-electron chi connectivity index (χ3n) is 12.7. The van der Waals surface area contributed by atoms with Crippen LogP contribution in [0, 0.1) is 0 Å². The van der Waals surface area contributed by atoms with Gasteiger partial charge in [0.25, 0.3) is 0 Å². The van der Waals surface area contributed by atoms with Gasteiger partial charge in [-0.3, -0.25) is 0 Å². The Bertz CT molecular complexity index is 2020. The quantitative estimate of drug-likeness (QED) is 0.118. The van der Waals surface area contributed by atoms with Crippen molar-refractivity contribution in [1.82, 2.24) is 0 Å². The molecule has 332 valence electrons. The van der Waals surface area contributed by atoms with Gasteiger partial charge in [0.05, 0.1) is 0 Å². The van der Waals surface area contributed by atoms with E-state index in [1.807, 2.05) is 0 Å². The van der Waals surface area contributed by atoms with Crippen molar-refractivity contribution < 1.29 is 17.4 Å². The maximum Gasteiger partial charge on any atom is 2.00 e. The fourth-order valence-electron chi connectivity index (χ4n) is 9.39. The van der Waals surface area contributed by atoms with E-state index < -0.39 is 0 Å². The summed E-state index contributed by atoms with van der Waals surface area (Å²) in [6.07, 6.45) is 0. The van der Waals surface area contributed by atoms with Crippen molar-refractivity contribution in [3.05, 3.63) is 165 Å². The maximum absolute atomic E-state index is 9.37. The monoisotopic (exact) mass is 877 g/mol. The van der Waals surface area contributed by atoms with Gasteiger partial charge in [0, 0.05) is 0 Å². The van der Waals surface area contributed by atoms with Crippen molar-refractivity contribution in [2.75, 3.05) is 0 Å². The smallest absolute Gasteiger partial charge is 0.698 e. The summed E-state index contributed by atoms with van der Waals surface area (Å²) >= 11 is 0. The van der Waals surface area contributed by atoms with Gasteiger partial charge in [-0.1, -0.05) is 220 Å². The fourth-order valence-corrected chi connectivity index (χ4v) is 9.39. The van der Waals surface area contributed by atoms with Crippen LogP contribution in [0.15, 0.2) is 109 Å². The zero-order valence-corrected chi connectivity index (χ0v) is 42.7. The average Bonchev–Trinajstić information content (AvgIpc) is 3.22. The summed E-state index contributed by atoms with van der Waals surface area (Å²) in [6, 6.07) is 39.4. The van der Waals surface area contributed by atoms with E-state index in [1.54, 1.807) is 0 Å². The Morgan fingerprint density at radius 1 is 0.238 bits per heavy atom. The van der Waals surface area contributed by atoms with E-state index in [2.05, 4.69) is 220 Å². The molecule has 0 saturated carbocycles. The Kier molecular flexibility index (Phi) is 17.8. The Morgan fingerprint density at radius 2 is 0.365 bits per heavy atom. The first-order valence-corrected chi connectivity index (χ1v) is 23.5. The normalized spacial score (nSPS) is 11.7. The first kappa shape index (κ1) is 51.1. The van der Waals surface area contributed by atoms with Gasteiger partial charge in [-0.15, -0.1) is 11.4 Å². The Balaban J connectivity index is 0.000000272. The van der Waals surface area contributed by atoms with Crippen LogP contribution in [0.4, 0.5) is 11.4 Å². The van der Waals surface area contributed by atoms with Gasteiger partial charge in [-0.2, -0.15) is 0 Å². The zero-order valence-electron chi connectivity index (χ0n) is 41.4. The second kappa shape index (κ2) is 21.9. The molecular weight excluding hydrogens is 801 g/mol. The molecule has 63 heavy (non-hydrogen) atoms. The van der Waals surface area contributed by atoms with E-state index >= 15 is 0 Å². The Hall–Kier alpha value is -4.55. The van der Waals surface area contributed by atoms with Crippen LogP contribution in [0.5, 0.6) is 0 Å². The Labute approximate surface area is 394 Å². The molecule has 0 amide bonds. The van der Waals surface area contributed by atoms with Crippen LogP contribution in [-0.4, -0.2) is 0 Å². The Morgan fingerprint density at radius 3 is 0.492 bits per heavy atom. The van der Waals surface area contributed by atoms with Crippen LogP contribution in [0.2, 0.25) is 0 Å². The number of hydrogen-bond acceptors (Lipinski definition) is 0. The number of hydrogen-bond donors (Lipinski definition) is 0. The van der Waals surface area contributed by atoms with Crippen LogP contribution < -0.4 is 0 Å². The van der Waals surface area contributed by atoms with E-state index in [-0.39, 0.29) is 17.4 Å². The molecule has 0 spiro atoms. The summed E-state index contributed by atoms with van der Waals surface area (Å²) in [5.74, 6) is 3.27. The molecule has 2 N–H and O–H groups in total. The topological polar surface area (TPSA) is 47.6 Å². The van der Waals surface area contributed by atoms with Crippen molar-refractivity contribution in [1.29, 1.82) is 0 Å². The van der Waals surface area contributed by atoms with Crippen molar-refractivity contribution in [3.63, 3.8) is 0 Å². The van der Waals surface area contributed by atoms with Crippen molar-refractivity contribution in [2.24, 2.45) is 0 Å². The molecule has 0 aliphatic rings. The zero-order chi connectivity index (χ0) is 45.7. The molecule has 0 fully saturated rings. The van der Waals surface area contributed by atoms with Crippen molar-refractivity contribution in [3.8, 4) is 44.5 Å². The summed E-state index contributed by atoms with van der Waals surface area (Å²) in [5.41, 5.74) is 39.9. The van der Waals surface area contributed by atoms with Crippen LogP contribution in [-0.2, 0) is 17.4 Å². The van der Waals surface area contributed by atoms with Crippen LogP contribution in [0.25, 0.3) is 56.0 Å². The molecule has 0 aliphatic heterocycles. The average molecular weight is 877 g/mol. The van der Waals surface area contributed by atoms with E-state index in [0.717, 1.165) is 22.3 Å². The predicted molar refractivity (Wildman–Crippen MR) is 275 cm³/mol. The van der Waals surface area contributed by atoms with Gasteiger partial charge in [0.15, 0.2) is 0 Å². The minimum absolute atomic E-state index is 0. The molecular formula is C60H76CrN2. The molecule has 0 saturated heterocycles. The van der Waals surface area contributed by atoms with Gasteiger partial charge in [-0.25, -0.2) is 0 Å². The molecule has 0 aromatic heterocycles. The molecule has 6 rings (SSSR count). The van der Waals surface area contributed by atoms with E-state index in [9.17, 15) is 11.5 Å². The molecule has 0 heterocycles. The SMILES string of the molecule is CC(C)c1cccc(C(C)C)c1-c1cccc(-c2c(C(C)C)cccc2C(C)C)c1[NH-].CC(C)c1cccc(C(C)C)c1-c1cccc(-c2c(C(C)C)cccc2C(C)C)c1[NH-].[Cr+2]. The van der Waals surface area contributed by atoms with E-state index in [4.69, 9.17) is 0 Å². The summed E-state index contributed by atoms with van der Waals surface area (Å²) in [5, 5.41) is 0. The fraction of sp³-hybridized carbons (Fsp3) is 0.400. The number of rotatable bonds is 12. The second-order valence-corrected chi connectivity index (χ2v) is 19.9. The predicted octanol–water partition coefficient (Wildman–Crippen LogP) is 20.4. The molecule has 0 bridgehead atoms. The van der Waals surface area contributed by atoms with Crippen LogP contribution in [0.1, 0.15) is 203 Å². The molecule has 0 unspecified atom stereocenters. The molecule has 3 heteroatoms. The van der Waals surface area contributed by atoms with E-state index in [0.29, 0.717) is 58.7 Å². The van der Waals surface area contributed by atoms with Gasteiger partial charge in [0.1, 0.15) is 0 Å². The molecule has 6 aromatic rings. The molecule has 2 nitrogen and oxygen atoms in total. The number of nitrogens with one attached hydrogen (secondary N) is 2. The van der Waals surface area contributed by atoms with Crippen molar-refractivity contribution in [2.45, 2.75) is 158 Å². The largest absolute Gasteiger partial charge is 2.00 e. The van der Waals surface area contributed by atoms with Gasteiger partial charge < -0.3 is 11.5 Å². The maximum atomic E-state index is 9.37. The van der Waals surface area contributed by atoms with E-state index in [1.165, 1.54) is 66.8 Å². The minimum Gasteiger partial charge on any atom is -0.698 e. The summed E-state index contributed by atoms with van der Waals surface area (Å²) in [4.78, 5) is 0. The third-order valence-corrected chi connectivity index (χ3v) is 12.7. The second-order valence-electron chi connectivity index (χ2n) is 19.9. The van der Waals surface area contributed by atoms with Gasteiger partial charge in [0.2, 0.25) is 0 Å². The van der Waals surface area contributed by atoms with Gasteiger partial charge >= 0.3 is 17.4 Å². The first-order valence-electron chi connectivity index (χ1n) is 23.5. The molecule has 0 atom stereocenters.